The van der Waals surface area contributed by atoms with Crippen molar-refractivity contribution in [3.05, 3.63) is 36.0 Å². The first-order chi connectivity index (χ1) is 9.39. The van der Waals surface area contributed by atoms with Gasteiger partial charge in [0.2, 0.25) is 5.91 Å². The molecule has 2 aromatic rings. The summed E-state index contributed by atoms with van der Waals surface area (Å²) in [5, 5.41) is 11.7. The summed E-state index contributed by atoms with van der Waals surface area (Å²) in [6, 6.07) is 6.99. The van der Waals surface area contributed by atoms with Crippen molar-refractivity contribution in [2.24, 2.45) is 0 Å². The summed E-state index contributed by atoms with van der Waals surface area (Å²) in [6.07, 6.45) is -2.79. The molecule has 0 unspecified atom stereocenters. The maximum Gasteiger partial charge on any atom is 0.405 e. The molecule has 0 bridgehead atoms. The Morgan fingerprint density at radius 2 is 2.05 bits per heavy atom. The lowest BCUT2D eigenvalue weighted by atomic mass is 10.2. The number of aromatic nitrogens is 1. The number of aliphatic hydroxyl groups excluding tert-OH is 1. The highest BCUT2D eigenvalue weighted by molar-refractivity contribution is 5.83. The van der Waals surface area contributed by atoms with Crippen molar-refractivity contribution >= 4 is 16.8 Å². The molecule has 1 aromatic heterocycles. The molecule has 1 amide bonds. The van der Waals surface area contributed by atoms with E-state index in [0.29, 0.717) is 11.1 Å². The normalized spacial score (nSPS) is 11.8. The van der Waals surface area contributed by atoms with Crippen LogP contribution in [-0.4, -0.2) is 28.3 Å². The molecule has 2 rings (SSSR count). The first-order valence-corrected chi connectivity index (χ1v) is 5.91. The van der Waals surface area contributed by atoms with Gasteiger partial charge in [0.05, 0.1) is 6.61 Å². The Labute approximate surface area is 112 Å². The summed E-state index contributed by atoms with van der Waals surface area (Å²) < 4.78 is 37.5. The highest BCUT2D eigenvalue weighted by Gasteiger charge is 2.27. The first-order valence-electron chi connectivity index (χ1n) is 5.91. The molecule has 20 heavy (non-hydrogen) atoms. The van der Waals surface area contributed by atoms with E-state index in [-0.39, 0.29) is 13.2 Å². The number of nitrogens with one attached hydrogen (secondary N) is 1. The van der Waals surface area contributed by atoms with E-state index in [4.69, 9.17) is 5.11 Å². The lowest BCUT2D eigenvalue weighted by Gasteiger charge is -2.10. The summed E-state index contributed by atoms with van der Waals surface area (Å²) in [5.74, 6) is -0.714. The predicted molar refractivity (Wildman–Crippen MR) is 66.9 cm³/mol. The quantitative estimate of drug-likeness (QED) is 0.900. The van der Waals surface area contributed by atoms with E-state index in [1.165, 1.54) is 0 Å². The number of hydrogen-bond donors (Lipinski definition) is 2. The highest BCUT2D eigenvalue weighted by atomic mass is 19.4. The van der Waals surface area contributed by atoms with E-state index in [0.717, 1.165) is 5.39 Å². The Morgan fingerprint density at radius 1 is 1.30 bits per heavy atom. The maximum absolute atomic E-state index is 12.0. The number of rotatable bonds is 4. The van der Waals surface area contributed by atoms with Crippen molar-refractivity contribution in [2.75, 3.05) is 6.54 Å². The van der Waals surface area contributed by atoms with Gasteiger partial charge in [-0.2, -0.15) is 13.2 Å². The smallest absolute Gasteiger partial charge is 0.392 e. The minimum atomic E-state index is -4.42. The first kappa shape index (κ1) is 14.4. The molecule has 0 radical (unpaired) electrons. The molecule has 1 heterocycles. The van der Waals surface area contributed by atoms with Crippen LogP contribution >= 0.6 is 0 Å². The van der Waals surface area contributed by atoms with Crippen LogP contribution in [0.2, 0.25) is 0 Å². The molecule has 0 atom stereocenters. The predicted octanol–water partition coefficient (Wildman–Crippen LogP) is 1.81. The van der Waals surface area contributed by atoms with E-state index < -0.39 is 18.6 Å². The number of halogens is 3. The third kappa shape index (κ3) is 3.51. The molecule has 0 saturated heterocycles. The number of nitrogens with zero attached hydrogens (tertiary/aromatic N) is 1. The Kier molecular flexibility index (Phi) is 3.99. The second kappa shape index (κ2) is 5.54. The third-order valence-electron chi connectivity index (χ3n) is 2.82. The molecule has 0 aliphatic carbocycles. The van der Waals surface area contributed by atoms with Gasteiger partial charge in [-0.1, -0.05) is 12.1 Å². The zero-order valence-electron chi connectivity index (χ0n) is 10.4. The summed E-state index contributed by atoms with van der Waals surface area (Å²) in [5.41, 5.74) is 1.37. The lowest BCUT2D eigenvalue weighted by Crippen LogP contribution is -2.35. The van der Waals surface area contributed by atoms with E-state index in [1.54, 1.807) is 35.0 Å². The van der Waals surface area contributed by atoms with Crippen LogP contribution in [-0.2, 0) is 17.9 Å². The van der Waals surface area contributed by atoms with Crippen LogP contribution in [0.1, 0.15) is 5.56 Å². The van der Waals surface area contributed by atoms with Crippen LogP contribution in [0.4, 0.5) is 13.2 Å². The van der Waals surface area contributed by atoms with Crippen molar-refractivity contribution in [1.82, 2.24) is 9.88 Å². The molecule has 108 valence electrons. The van der Waals surface area contributed by atoms with Crippen LogP contribution in [0.15, 0.2) is 30.5 Å². The fourth-order valence-corrected chi connectivity index (χ4v) is 1.88. The summed E-state index contributed by atoms with van der Waals surface area (Å²) in [7, 11) is 0. The Hall–Kier alpha value is -2.02. The van der Waals surface area contributed by atoms with Gasteiger partial charge >= 0.3 is 6.18 Å². The van der Waals surface area contributed by atoms with Gasteiger partial charge < -0.3 is 15.0 Å². The zero-order valence-corrected chi connectivity index (χ0v) is 10.4. The number of hydrogen-bond acceptors (Lipinski definition) is 2. The molecular formula is C13H13F3N2O2. The summed E-state index contributed by atoms with van der Waals surface area (Å²) >= 11 is 0. The van der Waals surface area contributed by atoms with Gasteiger partial charge in [0.15, 0.2) is 0 Å². The standard InChI is InChI=1S/C13H13F3N2O2/c14-13(15,16)8-17-12(20)6-18-4-3-10-2-1-9(7-19)5-11(10)18/h1-5,19H,6-8H2,(H,17,20). The molecule has 0 aliphatic rings. The number of fused-ring (bicyclic) bond motifs is 1. The summed E-state index contributed by atoms with van der Waals surface area (Å²) in [6.45, 7) is -1.68. The van der Waals surface area contributed by atoms with Gasteiger partial charge in [-0.3, -0.25) is 4.79 Å². The Morgan fingerprint density at radius 3 is 2.70 bits per heavy atom. The average molecular weight is 286 g/mol. The molecule has 0 fully saturated rings. The van der Waals surface area contributed by atoms with Gasteiger partial charge in [0.1, 0.15) is 13.1 Å². The summed E-state index contributed by atoms with van der Waals surface area (Å²) in [4.78, 5) is 11.5. The number of carbonyl (C=O) groups is 1. The van der Waals surface area contributed by atoms with Crippen LogP contribution in [0.25, 0.3) is 10.9 Å². The van der Waals surface area contributed by atoms with Gasteiger partial charge in [-0.25, -0.2) is 0 Å². The van der Waals surface area contributed by atoms with Crippen LogP contribution in [0.5, 0.6) is 0 Å². The average Bonchev–Trinajstić information content (AvgIpc) is 2.78. The van der Waals surface area contributed by atoms with Crippen molar-refractivity contribution in [1.29, 1.82) is 0 Å². The molecule has 0 aliphatic heterocycles. The minimum Gasteiger partial charge on any atom is -0.392 e. The van der Waals surface area contributed by atoms with Crippen molar-refractivity contribution in [3.8, 4) is 0 Å². The van der Waals surface area contributed by atoms with Crippen LogP contribution < -0.4 is 5.32 Å². The number of aliphatic hydroxyl groups is 1. The van der Waals surface area contributed by atoms with Gasteiger partial charge in [0.25, 0.3) is 0 Å². The van der Waals surface area contributed by atoms with Crippen LogP contribution in [0.3, 0.4) is 0 Å². The third-order valence-corrected chi connectivity index (χ3v) is 2.82. The highest BCUT2D eigenvalue weighted by Crippen LogP contribution is 2.18. The monoisotopic (exact) mass is 286 g/mol. The molecule has 0 saturated carbocycles. The Balaban J connectivity index is 2.11. The molecule has 4 nitrogen and oxygen atoms in total. The molecular weight excluding hydrogens is 273 g/mol. The van der Waals surface area contributed by atoms with E-state index >= 15 is 0 Å². The fourth-order valence-electron chi connectivity index (χ4n) is 1.88. The second-order valence-electron chi connectivity index (χ2n) is 4.39. The largest absolute Gasteiger partial charge is 0.405 e. The molecule has 1 aromatic carbocycles. The zero-order chi connectivity index (χ0) is 14.8. The molecule has 7 heteroatoms. The van der Waals surface area contributed by atoms with Crippen molar-refractivity contribution in [2.45, 2.75) is 19.3 Å². The van der Waals surface area contributed by atoms with Crippen molar-refractivity contribution < 1.29 is 23.1 Å². The second-order valence-corrected chi connectivity index (χ2v) is 4.39. The Bertz CT molecular complexity index is 620. The van der Waals surface area contributed by atoms with Gasteiger partial charge in [-0.05, 0) is 23.1 Å². The van der Waals surface area contributed by atoms with E-state index in [2.05, 4.69) is 0 Å². The lowest BCUT2D eigenvalue weighted by molar-refractivity contribution is -0.138. The molecule has 2 N–H and O–H groups in total. The minimum absolute atomic E-state index is 0.138. The number of benzene rings is 1. The number of carbonyl (C=O) groups excluding carboxylic acids is 1. The number of amides is 1. The van der Waals surface area contributed by atoms with Gasteiger partial charge in [-0.15, -0.1) is 0 Å². The fraction of sp³-hybridized carbons (Fsp3) is 0.308. The van der Waals surface area contributed by atoms with Gasteiger partial charge in [0, 0.05) is 11.7 Å². The van der Waals surface area contributed by atoms with Crippen molar-refractivity contribution in [3.63, 3.8) is 0 Å². The SMILES string of the molecule is O=C(Cn1ccc2ccc(CO)cc21)NCC(F)(F)F. The van der Waals surface area contributed by atoms with E-state index in [1.807, 2.05) is 5.32 Å². The molecule has 0 spiro atoms. The number of alkyl halides is 3. The maximum atomic E-state index is 12.0. The van der Waals surface area contributed by atoms with E-state index in [9.17, 15) is 18.0 Å². The van der Waals surface area contributed by atoms with Crippen LogP contribution in [0, 0.1) is 0 Å². The topological polar surface area (TPSA) is 54.3 Å².